The Hall–Kier alpha value is -3.78. The third-order valence-corrected chi connectivity index (χ3v) is 5.10. The summed E-state index contributed by atoms with van der Waals surface area (Å²) in [6, 6.07) is 21.0. The number of amides is 2. The Morgan fingerprint density at radius 2 is 1.81 bits per heavy atom. The Kier molecular flexibility index (Phi) is 5.90. The molecule has 0 atom stereocenters. The lowest BCUT2D eigenvalue weighted by molar-refractivity contribution is -0.118. The van der Waals surface area contributed by atoms with Crippen LogP contribution in [0.25, 0.3) is 0 Å². The molecule has 2 amide bonds. The number of benzene rings is 3. The number of nitrogens with one attached hydrogen (secondary N) is 1. The van der Waals surface area contributed by atoms with Gasteiger partial charge in [-0.2, -0.15) is 5.10 Å². The van der Waals surface area contributed by atoms with E-state index in [9.17, 15) is 14.7 Å². The first kappa shape index (κ1) is 20.5. The molecule has 1 aliphatic rings. The van der Waals surface area contributed by atoms with Gasteiger partial charge in [-0.15, -0.1) is 5.10 Å². The summed E-state index contributed by atoms with van der Waals surface area (Å²) in [4.78, 5) is 26.9. The summed E-state index contributed by atoms with van der Waals surface area (Å²) in [7, 11) is 0. The Labute approximate surface area is 186 Å². The van der Waals surface area contributed by atoms with E-state index in [1.807, 2.05) is 18.2 Å². The van der Waals surface area contributed by atoms with Gasteiger partial charge in [0.2, 0.25) is 5.91 Å². The number of carbonyl (C=O) groups is 2. The predicted molar refractivity (Wildman–Crippen MR) is 124 cm³/mol. The van der Waals surface area contributed by atoms with Gasteiger partial charge in [0.1, 0.15) is 12.3 Å². The van der Waals surface area contributed by atoms with E-state index < -0.39 is 5.91 Å². The zero-order valence-electron chi connectivity index (χ0n) is 16.2. The fourth-order valence-electron chi connectivity index (χ4n) is 3.15. The van der Waals surface area contributed by atoms with Gasteiger partial charge >= 0.3 is 0 Å². The lowest BCUT2D eigenvalue weighted by Gasteiger charge is -2.16. The monoisotopic (exact) mass is 476 g/mol. The molecular formula is C23H17BrN4O3. The summed E-state index contributed by atoms with van der Waals surface area (Å²) in [5.41, 5.74) is 2.40. The summed E-state index contributed by atoms with van der Waals surface area (Å²) in [5.74, 6) is -0.690. The predicted octanol–water partition coefficient (Wildman–Crippen LogP) is 3.96. The lowest BCUT2D eigenvalue weighted by Crippen LogP contribution is -2.37. The zero-order chi connectivity index (χ0) is 21.8. The molecule has 0 spiro atoms. The zero-order valence-corrected chi connectivity index (χ0v) is 17.8. The normalized spacial score (nSPS) is 14.3. The van der Waals surface area contributed by atoms with Gasteiger partial charge < -0.3 is 10.4 Å². The number of hydrogen-bond acceptors (Lipinski definition) is 5. The SMILES string of the molecule is O=C(CN1C(=O)C(=NN=Cc2ccccc2O)c2cc(Br)ccc21)Nc1ccccc1. The quantitative estimate of drug-likeness (QED) is 0.430. The molecular weight excluding hydrogens is 460 g/mol. The molecule has 0 radical (unpaired) electrons. The highest BCUT2D eigenvalue weighted by Crippen LogP contribution is 2.32. The van der Waals surface area contributed by atoms with Crippen LogP contribution in [-0.4, -0.2) is 35.4 Å². The van der Waals surface area contributed by atoms with Crippen molar-refractivity contribution in [3.8, 4) is 5.75 Å². The first-order valence-electron chi connectivity index (χ1n) is 9.38. The fourth-order valence-corrected chi connectivity index (χ4v) is 3.51. The minimum atomic E-state index is -0.425. The van der Waals surface area contributed by atoms with Gasteiger partial charge in [-0.25, -0.2) is 0 Å². The van der Waals surface area contributed by atoms with Crippen LogP contribution < -0.4 is 10.2 Å². The van der Waals surface area contributed by atoms with Gasteiger partial charge in [0, 0.05) is 21.3 Å². The summed E-state index contributed by atoms with van der Waals surface area (Å²) in [5, 5.41) is 20.7. The van der Waals surface area contributed by atoms with E-state index in [4.69, 9.17) is 0 Å². The first-order valence-corrected chi connectivity index (χ1v) is 10.2. The van der Waals surface area contributed by atoms with Crippen molar-refractivity contribution in [2.75, 3.05) is 16.8 Å². The second kappa shape index (κ2) is 8.93. The average molecular weight is 477 g/mol. The number of rotatable bonds is 5. The van der Waals surface area contributed by atoms with Crippen molar-refractivity contribution in [2.24, 2.45) is 10.2 Å². The van der Waals surface area contributed by atoms with Crippen LogP contribution in [0.15, 0.2) is 87.5 Å². The molecule has 3 aromatic carbocycles. The van der Waals surface area contributed by atoms with Crippen molar-refractivity contribution in [1.29, 1.82) is 0 Å². The van der Waals surface area contributed by atoms with Gasteiger partial charge in [0.05, 0.1) is 11.9 Å². The maximum atomic E-state index is 13.0. The number of phenols is 1. The molecule has 0 fully saturated rings. The van der Waals surface area contributed by atoms with E-state index in [0.29, 0.717) is 22.5 Å². The van der Waals surface area contributed by atoms with Gasteiger partial charge in [-0.05, 0) is 42.5 Å². The van der Waals surface area contributed by atoms with Crippen LogP contribution in [0, 0.1) is 0 Å². The maximum absolute atomic E-state index is 13.0. The van der Waals surface area contributed by atoms with Gasteiger partial charge in [-0.1, -0.05) is 46.3 Å². The molecule has 1 aliphatic heterocycles. The van der Waals surface area contributed by atoms with Crippen LogP contribution in [0.5, 0.6) is 5.75 Å². The van der Waals surface area contributed by atoms with Crippen molar-refractivity contribution in [3.05, 3.63) is 88.4 Å². The molecule has 1 heterocycles. The van der Waals surface area contributed by atoms with E-state index in [0.717, 1.165) is 4.47 Å². The first-order chi connectivity index (χ1) is 15.0. The summed E-state index contributed by atoms with van der Waals surface area (Å²) in [6.07, 6.45) is 1.37. The molecule has 0 unspecified atom stereocenters. The summed E-state index contributed by atoms with van der Waals surface area (Å²) >= 11 is 3.41. The van der Waals surface area contributed by atoms with Crippen molar-refractivity contribution in [2.45, 2.75) is 0 Å². The van der Waals surface area contributed by atoms with Crippen LogP contribution in [-0.2, 0) is 9.59 Å². The summed E-state index contributed by atoms with van der Waals surface area (Å²) < 4.78 is 0.770. The number of halogens is 1. The number of aromatic hydroxyl groups is 1. The molecule has 31 heavy (non-hydrogen) atoms. The molecule has 0 bridgehead atoms. The van der Waals surface area contributed by atoms with Crippen LogP contribution in [0.1, 0.15) is 11.1 Å². The number of carbonyl (C=O) groups excluding carboxylic acids is 2. The van der Waals surface area contributed by atoms with Crippen LogP contribution in [0.3, 0.4) is 0 Å². The Bertz CT molecular complexity index is 1210. The second-order valence-electron chi connectivity index (χ2n) is 6.72. The van der Waals surface area contributed by atoms with Crippen LogP contribution >= 0.6 is 15.9 Å². The standard InChI is InChI=1S/C23H17BrN4O3/c24-16-10-11-19-18(12-16)22(27-25-13-15-6-4-5-9-20(15)29)23(31)28(19)14-21(30)26-17-7-2-1-3-8-17/h1-13,29H,14H2,(H,26,30). The topological polar surface area (TPSA) is 94.4 Å². The molecule has 0 saturated heterocycles. The van der Waals surface area contributed by atoms with Gasteiger partial charge in [0.15, 0.2) is 5.71 Å². The molecule has 0 aromatic heterocycles. The average Bonchev–Trinajstić information content (AvgIpc) is 3.01. The van der Waals surface area contributed by atoms with Crippen molar-refractivity contribution in [1.82, 2.24) is 0 Å². The molecule has 4 rings (SSSR count). The summed E-state index contributed by atoms with van der Waals surface area (Å²) in [6.45, 7) is -0.162. The second-order valence-corrected chi connectivity index (χ2v) is 7.63. The highest BCUT2D eigenvalue weighted by molar-refractivity contribution is 9.10. The van der Waals surface area contributed by atoms with E-state index in [-0.39, 0.29) is 23.9 Å². The molecule has 154 valence electrons. The smallest absolute Gasteiger partial charge is 0.279 e. The highest BCUT2D eigenvalue weighted by atomic mass is 79.9. The molecule has 0 saturated carbocycles. The fraction of sp³-hybridized carbons (Fsp3) is 0.0435. The third kappa shape index (κ3) is 4.54. The number of nitrogens with zero attached hydrogens (tertiary/aromatic N) is 3. The maximum Gasteiger partial charge on any atom is 0.279 e. The molecule has 2 N–H and O–H groups in total. The van der Waals surface area contributed by atoms with Crippen molar-refractivity contribution >= 4 is 51.0 Å². The largest absolute Gasteiger partial charge is 0.507 e. The van der Waals surface area contributed by atoms with Crippen molar-refractivity contribution < 1.29 is 14.7 Å². The Morgan fingerprint density at radius 3 is 2.58 bits per heavy atom. The lowest BCUT2D eigenvalue weighted by atomic mass is 10.1. The molecule has 3 aromatic rings. The van der Waals surface area contributed by atoms with E-state index in [2.05, 4.69) is 31.4 Å². The van der Waals surface area contributed by atoms with E-state index >= 15 is 0 Å². The van der Waals surface area contributed by atoms with Crippen molar-refractivity contribution in [3.63, 3.8) is 0 Å². The van der Waals surface area contributed by atoms with E-state index in [1.54, 1.807) is 48.5 Å². The Morgan fingerprint density at radius 1 is 1.06 bits per heavy atom. The number of fused-ring (bicyclic) bond motifs is 1. The van der Waals surface area contributed by atoms with E-state index in [1.165, 1.54) is 17.2 Å². The minimum Gasteiger partial charge on any atom is -0.507 e. The molecule has 0 aliphatic carbocycles. The van der Waals surface area contributed by atoms with Gasteiger partial charge in [0.25, 0.3) is 5.91 Å². The van der Waals surface area contributed by atoms with Crippen LogP contribution in [0.2, 0.25) is 0 Å². The Balaban J connectivity index is 1.60. The molecule has 7 nitrogen and oxygen atoms in total. The highest BCUT2D eigenvalue weighted by Gasteiger charge is 2.35. The van der Waals surface area contributed by atoms with Crippen LogP contribution in [0.4, 0.5) is 11.4 Å². The number of phenolic OH excluding ortho intramolecular Hbond substituents is 1. The van der Waals surface area contributed by atoms with Gasteiger partial charge in [-0.3, -0.25) is 14.5 Å². The minimum absolute atomic E-state index is 0.0616. The number of hydrogen-bond donors (Lipinski definition) is 2. The third-order valence-electron chi connectivity index (χ3n) is 4.60. The number of para-hydroxylation sites is 2. The molecule has 8 heteroatoms. The number of anilines is 2.